The predicted octanol–water partition coefficient (Wildman–Crippen LogP) is 2.34. The summed E-state index contributed by atoms with van der Waals surface area (Å²) in [6.45, 7) is 0.849. The summed E-state index contributed by atoms with van der Waals surface area (Å²) in [5, 5.41) is 7.23. The minimum Gasteiger partial charge on any atom is -0.378 e. The monoisotopic (exact) mass is 319 g/mol. The van der Waals surface area contributed by atoms with E-state index in [2.05, 4.69) is 15.5 Å². The van der Waals surface area contributed by atoms with E-state index in [0.717, 1.165) is 44.5 Å². The van der Waals surface area contributed by atoms with Gasteiger partial charge in [0, 0.05) is 37.3 Å². The molecule has 2 heterocycles. The lowest BCUT2D eigenvalue weighted by atomic mass is 9.82. The number of ether oxygens (including phenoxy) is 1. The Kier molecular flexibility index (Phi) is 4.33. The summed E-state index contributed by atoms with van der Waals surface area (Å²) < 4.78 is 11.0. The number of nitrogens with one attached hydrogen (secondary N) is 1. The first-order valence-electron chi connectivity index (χ1n) is 9.03. The van der Waals surface area contributed by atoms with Crippen molar-refractivity contribution in [2.45, 2.75) is 75.9 Å². The normalized spacial score (nSPS) is 30.2. The second-order valence-electron chi connectivity index (χ2n) is 7.14. The molecule has 1 aliphatic heterocycles. The van der Waals surface area contributed by atoms with Crippen LogP contribution in [-0.2, 0) is 16.0 Å². The van der Waals surface area contributed by atoms with Crippen LogP contribution >= 0.6 is 0 Å². The van der Waals surface area contributed by atoms with E-state index in [1.807, 2.05) is 0 Å². The maximum atomic E-state index is 12.2. The second kappa shape index (κ2) is 6.59. The topological polar surface area (TPSA) is 77.2 Å². The van der Waals surface area contributed by atoms with Gasteiger partial charge in [-0.15, -0.1) is 0 Å². The highest BCUT2D eigenvalue weighted by Crippen LogP contribution is 2.38. The van der Waals surface area contributed by atoms with Crippen LogP contribution < -0.4 is 5.32 Å². The van der Waals surface area contributed by atoms with E-state index in [1.54, 1.807) is 0 Å². The fraction of sp³-hybridized carbons (Fsp3) is 0.824. The summed E-state index contributed by atoms with van der Waals surface area (Å²) >= 11 is 0. The van der Waals surface area contributed by atoms with Crippen molar-refractivity contribution >= 4 is 5.91 Å². The highest BCUT2D eigenvalue weighted by atomic mass is 16.5. The van der Waals surface area contributed by atoms with Gasteiger partial charge < -0.3 is 14.6 Å². The van der Waals surface area contributed by atoms with Gasteiger partial charge >= 0.3 is 0 Å². The Bertz CT molecular complexity index is 555. The maximum Gasteiger partial charge on any atom is 0.226 e. The molecule has 0 radical (unpaired) electrons. The van der Waals surface area contributed by atoms with Gasteiger partial charge in [0.25, 0.3) is 0 Å². The van der Waals surface area contributed by atoms with Crippen LogP contribution in [0.4, 0.5) is 0 Å². The number of carbonyl (C=O) groups excluding carboxylic acids is 1. The molecular weight excluding hydrogens is 294 g/mol. The Morgan fingerprint density at radius 3 is 3.00 bits per heavy atom. The zero-order chi connectivity index (χ0) is 15.6. The molecule has 1 N–H and O–H groups in total. The van der Waals surface area contributed by atoms with E-state index < -0.39 is 0 Å². The van der Waals surface area contributed by atoms with Crippen LogP contribution in [-0.4, -0.2) is 34.8 Å². The molecule has 4 rings (SSSR count). The first-order valence-corrected chi connectivity index (χ1v) is 9.03. The van der Waals surface area contributed by atoms with Crippen LogP contribution in [0.1, 0.15) is 69.0 Å². The van der Waals surface area contributed by atoms with Crippen molar-refractivity contribution in [2.75, 3.05) is 6.61 Å². The summed E-state index contributed by atoms with van der Waals surface area (Å²) in [5.41, 5.74) is 0. The summed E-state index contributed by atoms with van der Waals surface area (Å²) in [7, 11) is 0. The van der Waals surface area contributed by atoms with Crippen molar-refractivity contribution in [2.24, 2.45) is 5.92 Å². The van der Waals surface area contributed by atoms with E-state index in [-0.39, 0.29) is 5.91 Å². The molecule has 0 unspecified atom stereocenters. The van der Waals surface area contributed by atoms with Crippen molar-refractivity contribution < 1.29 is 14.1 Å². The summed E-state index contributed by atoms with van der Waals surface area (Å²) in [5.74, 6) is 2.69. The second-order valence-corrected chi connectivity index (χ2v) is 7.14. The lowest BCUT2D eigenvalue weighted by Crippen LogP contribution is -2.45. The molecule has 0 bridgehead atoms. The van der Waals surface area contributed by atoms with E-state index in [0.29, 0.717) is 42.7 Å². The summed E-state index contributed by atoms with van der Waals surface area (Å²) in [6.07, 6.45) is 9.16. The highest BCUT2D eigenvalue weighted by molar-refractivity contribution is 5.76. The first-order chi connectivity index (χ1) is 11.3. The molecule has 1 aromatic heterocycles. The molecule has 2 aliphatic carbocycles. The average molecular weight is 319 g/mol. The van der Waals surface area contributed by atoms with Gasteiger partial charge in [-0.05, 0) is 44.9 Å². The van der Waals surface area contributed by atoms with Crippen molar-refractivity contribution in [1.82, 2.24) is 15.5 Å². The Morgan fingerprint density at radius 2 is 2.13 bits per heavy atom. The maximum absolute atomic E-state index is 12.2. The van der Waals surface area contributed by atoms with Crippen molar-refractivity contribution in [3.05, 3.63) is 11.7 Å². The number of hydrogen-bond donors (Lipinski definition) is 1. The number of aromatic nitrogens is 2. The van der Waals surface area contributed by atoms with Crippen LogP contribution in [0.15, 0.2) is 4.52 Å². The van der Waals surface area contributed by atoms with Gasteiger partial charge in [0.2, 0.25) is 11.8 Å². The quantitative estimate of drug-likeness (QED) is 0.871. The molecular formula is C17H25N3O3. The number of fused-ring (bicyclic) bond motifs is 1. The Hall–Kier alpha value is -1.43. The fourth-order valence-corrected chi connectivity index (χ4v) is 3.91. The molecule has 3 fully saturated rings. The third-order valence-corrected chi connectivity index (χ3v) is 5.35. The van der Waals surface area contributed by atoms with E-state index in [1.165, 1.54) is 12.8 Å². The molecule has 3 aliphatic rings. The highest BCUT2D eigenvalue weighted by Gasteiger charge is 2.38. The summed E-state index contributed by atoms with van der Waals surface area (Å²) in [6, 6.07) is 0.300. The Balaban J connectivity index is 1.20. The molecule has 1 saturated heterocycles. The van der Waals surface area contributed by atoms with Gasteiger partial charge in [-0.2, -0.15) is 4.98 Å². The number of amides is 1. The lowest BCUT2D eigenvalue weighted by Gasteiger charge is -2.33. The van der Waals surface area contributed by atoms with E-state index in [9.17, 15) is 4.79 Å². The predicted molar refractivity (Wildman–Crippen MR) is 82.8 cm³/mol. The molecule has 3 atom stereocenters. The van der Waals surface area contributed by atoms with Gasteiger partial charge in [-0.3, -0.25) is 4.79 Å². The average Bonchev–Trinajstić information content (AvgIpc) is 3.09. The number of nitrogens with zero attached hydrogens (tertiary/aromatic N) is 2. The SMILES string of the molecule is O=C(CCCc1nc(C2CC2)no1)N[C@@H]1CCC[C@@H]2OCC[C@H]21. The Morgan fingerprint density at radius 1 is 1.22 bits per heavy atom. The largest absolute Gasteiger partial charge is 0.378 e. The standard InChI is InChI=1S/C17H25N3O3/c21-15(18-13-3-1-4-14-12(13)9-10-22-14)5-2-6-16-19-17(20-23-16)11-7-8-11/h11-14H,1-10H2,(H,18,21)/t12-,13+,14-/m0/s1. The van der Waals surface area contributed by atoms with E-state index >= 15 is 0 Å². The molecule has 1 aromatic rings. The van der Waals surface area contributed by atoms with Crippen molar-refractivity contribution in [3.63, 3.8) is 0 Å². The molecule has 23 heavy (non-hydrogen) atoms. The minimum atomic E-state index is 0.143. The van der Waals surface area contributed by atoms with Crippen LogP contribution in [0.5, 0.6) is 0 Å². The van der Waals surface area contributed by atoms with Gasteiger partial charge in [-0.1, -0.05) is 5.16 Å². The van der Waals surface area contributed by atoms with Crippen molar-refractivity contribution in [3.8, 4) is 0 Å². The third-order valence-electron chi connectivity index (χ3n) is 5.35. The van der Waals surface area contributed by atoms with Gasteiger partial charge in [0.15, 0.2) is 5.82 Å². The number of rotatable bonds is 6. The summed E-state index contributed by atoms with van der Waals surface area (Å²) in [4.78, 5) is 16.6. The Labute approximate surface area is 136 Å². The molecule has 0 aromatic carbocycles. The van der Waals surface area contributed by atoms with Crippen LogP contribution in [0.2, 0.25) is 0 Å². The van der Waals surface area contributed by atoms with Gasteiger partial charge in [-0.25, -0.2) is 0 Å². The first kappa shape index (κ1) is 15.1. The molecule has 2 saturated carbocycles. The fourth-order valence-electron chi connectivity index (χ4n) is 3.91. The van der Waals surface area contributed by atoms with Gasteiger partial charge in [0.1, 0.15) is 0 Å². The zero-order valence-corrected chi connectivity index (χ0v) is 13.5. The van der Waals surface area contributed by atoms with Crippen molar-refractivity contribution in [1.29, 1.82) is 0 Å². The molecule has 126 valence electrons. The minimum absolute atomic E-state index is 0.143. The lowest BCUT2D eigenvalue weighted by molar-refractivity contribution is -0.122. The third kappa shape index (κ3) is 3.57. The molecule has 6 heteroatoms. The van der Waals surface area contributed by atoms with Crippen LogP contribution in [0.3, 0.4) is 0 Å². The molecule has 0 spiro atoms. The van der Waals surface area contributed by atoms with Crippen LogP contribution in [0, 0.1) is 5.92 Å². The van der Waals surface area contributed by atoms with Gasteiger partial charge in [0.05, 0.1) is 6.10 Å². The van der Waals surface area contributed by atoms with E-state index in [4.69, 9.17) is 9.26 Å². The number of carbonyl (C=O) groups is 1. The molecule has 1 amide bonds. The zero-order valence-electron chi connectivity index (χ0n) is 13.5. The smallest absolute Gasteiger partial charge is 0.226 e. The number of aryl methyl sites for hydroxylation is 1. The number of hydrogen-bond acceptors (Lipinski definition) is 5. The van der Waals surface area contributed by atoms with Crippen LogP contribution in [0.25, 0.3) is 0 Å². The molecule has 6 nitrogen and oxygen atoms in total.